The van der Waals surface area contributed by atoms with Crippen molar-refractivity contribution in [2.24, 2.45) is 0 Å². The molecule has 0 fully saturated rings. The van der Waals surface area contributed by atoms with Crippen LogP contribution in [0.3, 0.4) is 0 Å². The highest BCUT2D eigenvalue weighted by molar-refractivity contribution is 6.09. The van der Waals surface area contributed by atoms with Gasteiger partial charge in [-0.3, -0.25) is 4.40 Å². The minimum Gasteiger partial charge on any atom is -0.298 e. The normalized spacial score (nSPS) is 11.4. The predicted molar refractivity (Wildman–Crippen MR) is 189 cm³/mol. The first-order valence-corrected chi connectivity index (χ1v) is 15.5. The maximum Gasteiger partial charge on any atom is 0.164 e. The molecule has 6 heteroatoms. The van der Waals surface area contributed by atoms with E-state index in [1.807, 2.05) is 91.0 Å². The molecular formula is C41H26N6. The van der Waals surface area contributed by atoms with Crippen LogP contribution < -0.4 is 0 Å². The molecule has 0 spiro atoms. The molecule has 0 saturated heterocycles. The molecule has 0 bridgehead atoms. The number of aromatic nitrogens is 6. The minimum absolute atomic E-state index is 0.624. The van der Waals surface area contributed by atoms with Gasteiger partial charge in [0.1, 0.15) is 11.2 Å². The monoisotopic (exact) mass is 602 g/mol. The largest absolute Gasteiger partial charge is 0.298 e. The van der Waals surface area contributed by atoms with E-state index in [9.17, 15) is 0 Å². The first-order chi connectivity index (χ1) is 23.3. The zero-order valence-corrected chi connectivity index (χ0v) is 25.2. The lowest BCUT2D eigenvalue weighted by Crippen LogP contribution is -2.00. The summed E-state index contributed by atoms with van der Waals surface area (Å²) in [5, 5.41) is 1.04. The topological polar surface area (TPSA) is 68.9 Å². The van der Waals surface area contributed by atoms with E-state index in [2.05, 4.69) is 71.3 Å². The van der Waals surface area contributed by atoms with Crippen LogP contribution in [0.5, 0.6) is 0 Å². The smallest absolute Gasteiger partial charge is 0.164 e. The molecule has 0 saturated carbocycles. The van der Waals surface area contributed by atoms with Crippen LogP contribution in [0, 0.1) is 0 Å². The van der Waals surface area contributed by atoms with Gasteiger partial charge in [-0.25, -0.2) is 24.9 Å². The predicted octanol–water partition coefficient (Wildman–Crippen LogP) is 9.56. The van der Waals surface area contributed by atoms with E-state index in [0.29, 0.717) is 17.5 Å². The summed E-state index contributed by atoms with van der Waals surface area (Å²) in [5.41, 5.74) is 10.6. The third-order valence-electron chi connectivity index (χ3n) is 8.44. The lowest BCUT2D eigenvalue weighted by Gasteiger charge is -2.11. The number of fused-ring (bicyclic) bond motifs is 5. The van der Waals surface area contributed by atoms with Crippen molar-refractivity contribution in [3.05, 3.63) is 158 Å². The number of imidazole rings is 1. The SMILES string of the molecule is c1ccc(-c2nc(-c3ccccc3)nc(-c3cccc(-c4cccc(-c5nc6ccccc6c6nc7ccccn7c56)c4)c3)n2)cc1. The molecule has 6 nitrogen and oxygen atoms in total. The Labute approximate surface area is 270 Å². The Balaban J connectivity index is 1.18. The maximum absolute atomic E-state index is 5.19. The first kappa shape index (κ1) is 26.8. The van der Waals surface area contributed by atoms with Gasteiger partial charge in [0.05, 0.1) is 16.7 Å². The number of para-hydroxylation sites is 1. The molecular weight excluding hydrogens is 576 g/mol. The Morgan fingerprint density at radius 2 is 0.915 bits per heavy atom. The van der Waals surface area contributed by atoms with Crippen molar-refractivity contribution in [1.29, 1.82) is 0 Å². The first-order valence-electron chi connectivity index (χ1n) is 15.5. The molecule has 4 aromatic heterocycles. The van der Waals surface area contributed by atoms with Gasteiger partial charge in [-0.2, -0.15) is 0 Å². The standard InChI is InChI=1S/C41H26N6/c1-3-13-27(14-4-1)39-44-40(28-15-5-2-6-16-28)46-41(45-39)32-20-12-18-30(26-32)29-17-11-19-31(25-29)36-38-37(33-21-7-8-22-34(33)42-36)43-35-23-9-10-24-47(35)38/h1-26H. The Bertz CT molecular complexity index is 2520. The summed E-state index contributed by atoms with van der Waals surface area (Å²) in [6.07, 6.45) is 2.06. The number of rotatable bonds is 5. The van der Waals surface area contributed by atoms with E-state index in [-0.39, 0.29) is 0 Å². The second kappa shape index (κ2) is 11.1. The van der Waals surface area contributed by atoms with Crippen molar-refractivity contribution in [3.63, 3.8) is 0 Å². The van der Waals surface area contributed by atoms with Gasteiger partial charge in [-0.1, -0.05) is 121 Å². The summed E-state index contributed by atoms with van der Waals surface area (Å²) in [5.74, 6) is 1.90. The van der Waals surface area contributed by atoms with E-state index in [1.54, 1.807) is 0 Å². The third-order valence-corrected chi connectivity index (χ3v) is 8.44. The quantitative estimate of drug-likeness (QED) is 0.196. The fourth-order valence-corrected chi connectivity index (χ4v) is 6.18. The van der Waals surface area contributed by atoms with Crippen LogP contribution in [0.2, 0.25) is 0 Å². The lowest BCUT2D eigenvalue weighted by molar-refractivity contribution is 1.07. The van der Waals surface area contributed by atoms with Crippen LogP contribution in [0.15, 0.2) is 158 Å². The van der Waals surface area contributed by atoms with Crippen LogP contribution in [0.1, 0.15) is 0 Å². The summed E-state index contributed by atoms with van der Waals surface area (Å²) in [4.78, 5) is 24.9. The summed E-state index contributed by atoms with van der Waals surface area (Å²) in [6, 6.07) is 51.3. The summed E-state index contributed by atoms with van der Waals surface area (Å²) >= 11 is 0. The molecule has 0 N–H and O–H groups in total. The molecule has 0 atom stereocenters. The number of hydrogen-bond acceptors (Lipinski definition) is 5. The zero-order chi connectivity index (χ0) is 31.2. The van der Waals surface area contributed by atoms with E-state index >= 15 is 0 Å². The van der Waals surface area contributed by atoms with Crippen molar-refractivity contribution < 1.29 is 0 Å². The van der Waals surface area contributed by atoms with Crippen LogP contribution in [0.4, 0.5) is 0 Å². The average molecular weight is 603 g/mol. The Morgan fingerprint density at radius 3 is 1.62 bits per heavy atom. The highest BCUT2D eigenvalue weighted by Gasteiger charge is 2.17. The molecule has 0 aliphatic rings. The second-order valence-electron chi connectivity index (χ2n) is 11.4. The third kappa shape index (κ3) is 4.80. The molecule has 9 aromatic rings. The fraction of sp³-hybridized carbons (Fsp3) is 0. The van der Waals surface area contributed by atoms with E-state index in [4.69, 9.17) is 24.9 Å². The number of nitrogens with zero attached hydrogens (tertiary/aromatic N) is 6. The Morgan fingerprint density at radius 1 is 0.383 bits per heavy atom. The zero-order valence-electron chi connectivity index (χ0n) is 25.2. The van der Waals surface area contributed by atoms with Gasteiger partial charge in [0.25, 0.3) is 0 Å². The molecule has 5 aromatic carbocycles. The van der Waals surface area contributed by atoms with Gasteiger partial charge in [0.15, 0.2) is 17.5 Å². The van der Waals surface area contributed by atoms with Gasteiger partial charge in [0, 0.05) is 33.8 Å². The van der Waals surface area contributed by atoms with Gasteiger partial charge in [-0.15, -0.1) is 0 Å². The van der Waals surface area contributed by atoms with Gasteiger partial charge in [0.2, 0.25) is 0 Å². The minimum atomic E-state index is 0.624. The Hall–Kier alpha value is -6.53. The molecule has 220 valence electrons. The molecule has 0 unspecified atom stereocenters. The van der Waals surface area contributed by atoms with Gasteiger partial charge in [-0.05, 0) is 41.5 Å². The van der Waals surface area contributed by atoms with Crippen LogP contribution >= 0.6 is 0 Å². The van der Waals surface area contributed by atoms with E-state index in [1.165, 1.54) is 0 Å². The summed E-state index contributed by atoms with van der Waals surface area (Å²) in [6.45, 7) is 0. The molecule has 4 heterocycles. The molecule has 0 aliphatic heterocycles. The van der Waals surface area contributed by atoms with E-state index in [0.717, 1.165) is 66.7 Å². The second-order valence-corrected chi connectivity index (χ2v) is 11.4. The van der Waals surface area contributed by atoms with Crippen molar-refractivity contribution >= 4 is 27.6 Å². The van der Waals surface area contributed by atoms with Crippen LogP contribution in [0.25, 0.3) is 84.1 Å². The average Bonchev–Trinajstić information content (AvgIpc) is 3.55. The van der Waals surface area contributed by atoms with Crippen LogP contribution in [-0.2, 0) is 0 Å². The maximum atomic E-state index is 5.19. The van der Waals surface area contributed by atoms with Gasteiger partial charge >= 0.3 is 0 Å². The molecule has 0 aliphatic carbocycles. The van der Waals surface area contributed by atoms with Crippen LogP contribution in [-0.4, -0.2) is 29.3 Å². The lowest BCUT2D eigenvalue weighted by atomic mass is 9.98. The summed E-state index contributed by atoms with van der Waals surface area (Å²) in [7, 11) is 0. The molecule has 0 amide bonds. The van der Waals surface area contributed by atoms with Crippen molar-refractivity contribution in [1.82, 2.24) is 29.3 Å². The van der Waals surface area contributed by atoms with Crippen molar-refractivity contribution in [2.75, 3.05) is 0 Å². The summed E-state index contributed by atoms with van der Waals surface area (Å²) < 4.78 is 2.13. The highest BCUT2D eigenvalue weighted by Crippen LogP contribution is 2.35. The van der Waals surface area contributed by atoms with Crippen molar-refractivity contribution in [3.8, 4) is 56.5 Å². The van der Waals surface area contributed by atoms with Crippen molar-refractivity contribution in [2.45, 2.75) is 0 Å². The number of pyridine rings is 2. The number of hydrogen-bond donors (Lipinski definition) is 0. The van der Waals surface area contributed by atoms with Gasteiger partial charge < -0.3 is 0 Å². The highest BCUT2D eigenvalue weighted by atomic mass is 15.0. The molecule has 0 radical (unpaired) electrons. The van der Waals surface area contributed by atoms with E-state index < -0.39 is 0 Å². The fourth-order valence-electron chi connectivity index (χ4n) is 6.18. The molecule has 47 heavy (non-hydrogen) atoms. The Kier molecular flexibility index (Phi) is 6.35. The number of benzene rings is 5. The molecule has 9 rings (SSSR count).